The predicted octanol–water partition coefficient (Wildman–Crippen LogP) is 1.72. The normalized spacial score (nSPS) is 25.8. The highest BCUT2D eigenvalue weighted by molar-refractivity contribution is 7.88. The number of hydrogen-bond acceptors (Lipinski definition) is 4. The van der Waals surface area contributed by atoms with Gasteiger partial charge in [-0.05, 0) is 43.5 Å². The van der Waals surface area contributed by atoms with Gasteiger partial charge in [-0.25, -0.2) is 17.2 Å². The van der Waals surface area contributed by atoms with Crippen molar-refractivity contribution in [1.29, 1.82) is 0 Å². The maximum atomic E-state index is 13.5. The monoisotopic (exact) mass is 415 g/mol. The molecule has 1 saturated carbocycles. The van der Waals surface area contributed by atoms with E-state index in [1.165, 1.54) is 22.7 Å². The zero-order chi connectivity index (χ0) is 20.3. The molecule has 2 atom stereocenters. The average molecular weight is 416 g/mol. The fourth-order valence-corrected chi connectivity index (χ4v) is 5.46. The highest BCUT2D eigenvalue weighted by Crippen LogP contribution is 2.32. The number of carbonyl (C=O) groups is 1. The van der Waals surface area contributed by atoms with Gasteiger partial charge in [0.15, 0.2) is 11.6 Å². The van der Waals surface area contributed by atoms with Crippen LogP contribution in [-0.2, 0) is 21.4 Å². The summed E-state index contributed by atoms with van der Waals surface area (Å²) < 4.78 is 52.8. The molecule has 1 amide bonds. The molecule has 1 aliphatic carbocycles. The number of rotatable bonds is 3. The molecular weight excluding hydrogens is 388 g/mol. The van der Waals surface area contributed by atoms with Crippen molar-refractivity contribution in [2.24, 2.45) is 5.92 Å². The molecule has 1 aliphatic heterocycles. The van der Waals surface area contributed by atoms with Gasteiger partial charge in [-0.3, -0.25) is 9.69 Å². The molecule has 1 saturated heterocycles. The van der Waals surface area contributed by atoms with Crippen molar-refractivity contribution in [1.82, 2.24) is 14.5 Å². The zero-order valence-electron chi connectivity index (χ0n) is 16.0. The molecule has 28 heavy (non-hydrogen) atoms. The second kappa shape index (κ2) is 8.84. The summed E-state index contributed by atoms with van der Waals surface area (Å²) in [6.07, 6.45) is 4.04. The largest absolute Gasteiger partial charge is 0.355 e. The van der Waals surface area contributed by atoms with Crippen LogP contribution in [0.5, 0.6) is 0 Å². The Labute approximate surface area is 164 Å². The van der Waals surface area contributed by atoms with Gasteiger partial charge >= 0.3 is 0 Å². The van der Waals surface area contributed by atoms with Crippen LogP contribution in [-0.4, -0.2) is 62.0 Å². The molecule has 0 aromatic heterocycles. The first kappa shape index (κ1) is 21.1. The third-order valence-corrected chi connectivity index (χ3v) is 6.89. The lowest BCUT2D eigenvalue weighted by Gasteiger charge is -2.30. The first-order chi connectivity index (χ1) is 13.3. The first-order valence-electron chi connectivity index (χ1n) is 9.66. The van der Waals surface area contributed by atoms with Crippen molar-refractivity contribution in [2.75, 3.05) is 32.4 Å². The molecule has 9 heteroatoms. The number of sulfonamides is 1. The van der Waals surface area contributed by atoms with Gasteiger partial charge in [-0.15, -0.1) is 0 Å². The number of halogens is 2. The maximum absolute atomic E-state index is 13.5. The molecular formula is C19H27F2N3O3S. The Bertz CT molecular complexity index is 819. The molecule has 1 heterocycles. The lowest BCUT2D eigenvalue weighted by atomic mass is 10.0. The molecule has 6 nitrogen and oxygen atoms in total. The number of nitrogens with zero attached hydrogens (tertiary/aromatic N) is 2. The zero-order valence-corrected chi connectivity index (χ0v) is 16.9. The highest BCUT2D eigenvalue weighted by atomic mass is 32.2. The Balaban J connectivity index is 1.75. The first-order valence-corrected chi connectivity index (χ1v) is 11.5. The summed E-state index contributed by atoms with van der Waals surface area (Å²) in [5, 5.41) is 2.92. The number of hydrogen-bond donors (Lipinski definition) is 1. The molecule has 2 aliphatic rings. The van der Waals surface area contributed by atoms with E-state index in [1.807, 2.05) is 4.90 Å². The molecule has 1 N–H and O–H groups in total. The van der Waals surface area contributed by atoms with Crippen LogP contribution < -0.4 is 5.32 Å². The van der Waals surface area contributed by atoms with Crippen molar-refractivity contribution in [3.8, 4) is 0 Å². The minimum Gasteiger partial charge on any atom is -0.355 e. The SMILES string of the molecule is CS(=O)(=O)N1CCCN(Cc2ccc(F)c(F)c2)CCNC(=O)C2CCCC21. The lowest BCUT2D eigenvalue weighted by Crippen LogP contribution is -2.47. The van der Waals surface area contributed by atoms with E-state index in [2.05, 4.69) is 5.32 Å². The smallest absolute Gasteiger partial charge is 0.224 e. The van der Waals surface area contributed by atoms with Crippen LogP contribution in [0.15, 0.2) is 18.2 Å². The molecule has 0 bridgehead atoms. The van der Waals surface area contributed by atoms with Crippen LogP contribution in [0.2, 0.25) is 0 Å². The van der Waals surface area contributed by atoms with Gasteiger partial charge in [0.25, 0.3) is 0 Å². The van der Waals surface area contributed by atoms with Crippen molar-refractivity contribution in [3.05, 3.63) is 35.4 Å². The quantitative estimate of drug-likeness (QED) is 0.816. The Morgan fingerprint density at radius 1 is 1.11 bits per heavy atom. The summed E-state index contributed by atoms with van der Waals surface area (Å²) in [7, 11) is -3.43. The van der Waals surface area contributed by atoms with E-state index >= 15 is 0 Å². The topological polar surface area (TPSA) is 69.7 Å². The average Bonchev–Trinajstić information content (AvgIpc) is 3.08. The molecule has 2 unspecified atom stereocenters. The summed E-state index contributed by atoms with van der Waals surface area (Å²) in [6.45, 7) is 2.34. The van der Waals surface area contributed by atoms with Crippen molar-refractivity contribution < 1.29 is 22.0 Å². The van der Waals surface area contributed by atoms with Crippen LogP contribution in [0.4, 0.5) is 8.78 Å². The molecule has 0 radical (unpaired) electrons. The Morgan fingerprint density at radius 2 is 1.89 bits per heavy atom. The number of nitrogens with one attached hydrogen (secondary N) is 1. The third kappa shape index (κ3) is 5.07. The van der Waals surface area contributed by atoms with Crippen LogP contribution in [0.25, 0.3) is 0 Å². The fraction of sp³-hybridized carbons (Fsp3) is 0.632. The van der Waals surface area contributed by atoms with Gasteiger partial charge in [0.2, 0.25) is 15.9 Å². The van der Waals surface area contributed by atoms with Crippen molar-refractivity contribution >= 4 is 15.9 Å². The molecule has 1 aromatic rings. The lowest BCUT2D eigenvalue weighted by molar-refractivity contribution is -0.125. The van der Waals surface area contributed by atoms with E-state index in [9.17, 15) is 22.0 Å². The van der Waals surface area contributed by atoms with Crippen molar-refractivity contribution in [2.45, 2.75) is 38.3 Å². The van der Waals surface area contributed by atoms with Gasteiger partial charge in [0.1, 0.15) is 0 Å². The van der Waals surface area contributed by atoms with Crippen LogP contribution >= 0.6 is 0 Å². The number of fused-ring (bicyclic) bond motifs is 1. The predicted molar refractivity (Wildman–Crippen MR) is 102 cm³/mol. The Kier molecular flexibility index (Phi) is 6.67. The van der Waals surface area contributed by atoms with E-state index in [0.29, 0.717) is 57.5 Å². The maximum Gasteiger partial charge on any atom is 0.224 e. The van der Waals surface area contributed by atoms with Gasteiger partial charge in [-0.1, -0.05) is 12.5 Å². The van der Waals surface area contributed by atoms with Crippen LogP contribution in [0.1, 0.15) is 31.2 Å². The summed E-state index contributed by atoms with van der Waals surface area (Å²) >= 11 is 0. The molecule has 156 valence electrons. The second-order valence-electron chi connectivity index (χ2n) is 7.65. The van der Waals surface area contributed by atoms with E-state index < -0.39 is 21.7 Å². The van der Waals surface area contributed by atoms with Gasteiger partial charge in [-0.2, -0.15) is 4.31 Å². The minimum atomic E-state index is -3.43. The van der Waals surface area contributed by atoms with E-state index in [0.717, 1.165) is 12.5 Å². The summed E-state index contributed by atoms with van der Waals surface area (Å²) in [5.41, 5.74) is 0.636. The van der Waals surface area contributed by atoms with Gasteiger partial charge in [0, 0.05) is 32.2 Å². The fourth-order valence-electron chi connectivity index (χ4n) is 4.25. The Hall–Kier alpha value is -1.58. The highest BCUT2D eigenvalue weighted by Gasteiger charge is 2.40. The van der Waals surface area contributed by atoms with Crippen LogP contribution in [0.3, 0.4) is 0 Å². The van der Waals surface area contributed by atoms with E-state index in [-0.39, 0.29) is 17.9 Å². The van der Waals surface area contributed by atoms with Crippen molar-refractivity contribution in [3.63, 3.8) is 0 Å². The standard InChI is InChI=1S/C19H27F2N3O3S/c1-28(26,27)24-10-3-9-23(13-14-6-7-16(20)17(21)12-14)11-8-22-19(25)15-4-2-5-18(15)24/h6-7,12,15,18H,2-5,8-11,13H2,1H3,(H,22,25). The molecule has 1 aromatic carbocycles. The molecule has 0 spiro atoms. The van der Waals surface area contributed by atoms with Gasteiger partial charge in [0.05, 0.1) is 12.2 Å². The molecule has 2 fully saturated rings. The van der Waals surface area contributed by atoms with E-state index in [4.69, 9.17) is 0 Å². The van der Waals surface area contributed by atoms with Crippen LogP contribution in [0, 0.1) is 17.6 Å². The third-order valence-electron chi connectivity index (χ3n) is 5.58. The number of amides is 1. The van der Waals surface area contributed by atoms with Gasteiger partial charge < -0.3 is 5.32 Å². The Morgan fingerprint density at radius 3 is 2.61 bits per heavy atom. The summed E-state index contributed by atoms with van der Waals surface area (Å²) in [6, 6.07) is 3.53. The number of carbonyl (C=O) groups excluding carboxylic acids is 1. The van der Waals surface area contributed by atoms with E-state index in [1.54, 1.807) is 0 Å². The summed E-state index contributed by atoms with van der Waals surface area (Å²) in [4.78, 5) is 14.6. The minimum absolute atomic E-state index is 0.106. The second-order valence-corrected chi connectivity index (χ2v) is 9.58. The molecule has 3 rings (SSSR count). The summed E-state index contributed by atoms with van der Waals surface area (Å²) in [5.74, 6) is -2.19. The number of benzene rings is 1.